The molecule has 1 radical (unpaired) electrons. The zero-order chi connectivity index (χ0) is 18.4. The summed E-state index contributed by atoms with van der Waals surface area (Å²) in [6.45, 7) is 0. The van der Waals surface area contributed by atoms with Gasteiger partial charge in [0, 0.05) is 0 Å². The zero-order valence-electron chi connectivity index (χ0n) is 14.3. The molecule has 0 bridgehead atoms. The van der Waals surface area contributed by atoms with Crippen molar-refractivity contribution in [3.63, 3.8) is 0 Å². The second kappa shape index (κ2) is 8.77. The summed E-state index contributed by atoms with van der Waals surface area (Å²) in [5.74, 6) is 0. The molecule has 0 aromatic heterocycles. The van der Waals surface area contributed by atoms with Gasteiger partial charge in [-0.2, -0.15) is 0 Å². The van der Waals surface area contributed by atoms with Crippen LogP contribution in [0, 0.1) is 0 Å². The average molecular weight is 459 g/mol. The van der Waals surface area contributed by atoms with Gasteiger partial charge < -0.3 is 0 Å². The fourth-order valence-corrected chi connectivity index (χ4v) is 4.47. The van der Waals surface area contributed by atoms with E-state index < -0.39 is 20.5 Å². The summed E-state index contributed by atoms with van der Waals surface area (Å²) in [7, 11) is 1.74. The molecule has 26 heavy (non-hydrogen) atoms. The Balaban J connectivity index is 1.94. The molecule has 3 rings (SSSR count). The molecule has 0 spiro atoms. The van der Waals surface area contributed by atoms with Crippen LogP contribution in [0.1, 0.15) is 0 Å². The van der Waals surface area contributed by atoms with E-state index in [1.807, 2.05) is 91.0 Å². The van der Waals surface area contributed by atoms with E-state index in [0.717, 1.165) is 17.1 Å². The number of para-hydroxylation sites is 3. The van der Waals surface area contributed by atoms with Gasteiger partial charge in [0.05, 0.1) is 0 Å². The number of rotatable bonds is 5. The van der Waals surface area contributed by atoms with Crippen LogP contribution >= 0.6 is 0 Å². The standard InChI is InChI=1S/C21H19N2O2Te/c1-22(17-11-5-2-6-12-17)20(24)26-21(25)23(18-13-7-3-8-14-18)19-15-9-4-10-16-19/h2-16,25H,1H3. The first-order valence-corrected chi connectivity index (χ1v) is 10.5. The van der Waals surface area contributed by atoms with Gasteiger partial charge in [0.1, 0.15) is 0 Å². The summed E-state index contributed by atoms with van der Waals surface area (Å²) in [4.78, 5) is 16.0. The van der Waals surface area contributed by atoms with Gasteiger partial charge in [-0.05, 0) is 0 Å². The van der Waals surface area contributed by atoms with Crippen LogP contribution in [0.5, 0.6) is 0 Å². The quantitative estimate of drug-likeness (QED) is 0.581. The molecule has 3 aromatic rings. The summed E-state index contributed by atoms with van der Waals surface area (Å²) in [5, 5.41) is 10.8. The number of anilines is 3. The second-order valence-corrected chi connectivity index (χ2v) is 8.17. The van der Waals surface area contributed by atoms with E-state index in [4.69, 9.17) is 0 Å². The molecule has 0 heterocycles. The Kier molecular flexibility index (Phi) is 6.19. The van der Waals surface area contributed by atoms with Crippen LogP contribution < -0.4 is 9.80 Å². The van der Waals surface area contributed by atoms with Crippen LogP contribution in [0.2, 0.25) is 0 Å². The zero-order valence-corrected chi connectivity index (χ0v) is 16.6. The van der Waals surface area contributed by atoms with E-state index in [1.165, 1.54) is 0 Å². The third-order valence-corrected chi connectivity index (χ3v) is 6.14. The van der Waals surface area contributed by atoms with E-state index in [1.54, 1.807) is 16.8 Å². The van der Waals surface area contributed by atoms with E-state index >= 15 is 0 Å². The first kappa shape index (κ1) is 18.3. The predicted molar refractivity (Wildman–Crippen MR) is 108 cm³/mol. The number of nitrogens with zero attached hydrogens (tertiary/aromatic N) is 2. The fraction of sp³-hybridized carbons (Fsp3) is 0.0476. The van der Waals surface area contributed by atoms with E-state index in [0.29, 0.717) is 0 Å². The van der Waals surface area contributed by atoms with Crippen molar-refractivity contribution in [1.29, 1.82) is 0 Å². The molecule has 1 amide bonds. The normalized spacial score (nSPS) is 11.1. The van der Waals surface area contributed by atoms with Crippen LogP contribution in [0.3, 0.4) is 0 Å². The third-order valence-electron chi connectivity index (χ3n) is 3.82. The van der Waals surface area contributed by atoms with Gasteiger partial charge in [0.2, 0.25) is 0 Å². The molecule has 0 aliphatic carbocycles. The first-order chi connectivity index (χ1) is 12.7. The van der Waals surface area contributed by atoms with Crippen LogP contribution in [-0.2, 0) is 0 Å². The van der Waals surface area contributed by atoms with Crippen molar-refractivity contribution in [3.8, 4) is 0 Å². The molecular formula is C21H19N2O2Te. The predicted octanol–water partition coefficient (Wildman–Crippen LogP) is 4.25. The summed E-state index contributed by atoms with van der Waals surface area (Å²) in [6, 6.07) is 28.6. The van der Waals surface area contributed by atoms with Crippen LogP contribution in [0.4, 0.5) is 21.9 Å². The number of aliphatic hydroxyl groups is 1. The Morgan fingerprint density at radius 3 is 1.54 bits per heavy atom. The SMILES string of the molecule is CN(C(=O)[Te]=C(O)N(c1ccccc1)c1ccccc1)c1ccccc1. The van der Waals surface area contributed by atoms with Gasteiger partial charge in [-0.25, -0.2) is 0 Å². The molecule has 5 heteroatoms. The molecule has 0 unspecified atom stereocenters. The van der Waals surface area contributed by atoms with E-state index in [2.05, 4.69) is 0 Å². The van der Waals surface area contributed by atoms with Crippen molar-refractivity contribution in [2.24, 2.45) is 0 Å². The summed E-state index contributed by atoms with van der Waals surface area (Å²) in [5.41, 5.74) is 2.48. The van der Waals surface area contributed by atoms with Crippen LogP contribution in [-0.4, -0.2) is 40.4 Å². The Bertz CT molecular complexity index is 844. The van der Waals surface area contributed by atoms with Gasteiger partial charge >= 0.3 is 163 Å². The summed E-state index contributed by atoms with van der Waals surface area (Å²) in [6.07, 6.45) is 0. The monoisotopic (exact) mass is 461 g/mol. The maximum absolute atomic E-state index is 12.7. The molecule has 0 atom stereocenters. The topological polar surface area (TPSA) is 43.8 Å². The molecule has 3 aromatic carbocycles. The second-order valence-electron chi connectivity index (χ2n) is 5.55. The molecular weight excluding hydrogens is 440 g/mol. The van der Waals surface area contributed by atoms with Crippen LogP contribution in [0.15, 0.2) is 91.0 Å². The van der Waals surface area contributed by atoms with Crippen LogP contribution in [0.25, 0.3) is 0 Å². The molecule has 0 saturated carbocycles. The van der Waals surface area contributed by atoms with Gasteiger partial charge in [0.15, 0.2) is 0 Å². The van der Waals surface area contributed by atoms with Crippen molar-refractivity contribution in [2.45, 2.75) is 0 Å². The van der Waals surface area contributed by atoms with E-state index in [-0.39, 0.29) is 7.82 Å². The van der Waals surface area contributed by atoms with Gasteiger partial charge in [-0.15, -0.1) is 0 Å². The number of benzene rings is 3. The number of carbonyl (C=O) groups excluding carboxylic acids is 1. The Morgan fingerprint density at radius 1 is 0.731 bits per heavy atom. The van der Waals surface area contributed by atoms with Crippen molar-refractivity contribution < 1.29 is 9.90 Å². The number of hydrogen-bond acceptors (Lipinski definition) is 3. The molecule has 0 aliphatic heterocycles. The molecule has 0 aliphatic rings. The van der Waals surface area contributed by atoms with Gasteiger partial charge in [0.25, 0.3) is 0 Å². The number of hydrogen-bond donors (Lipinski definition) is 1. The molecule has 0 fully saturated rings. The first-order valence-electron chi connectivity index (χ1n) is 8.13. The molecule has 131 valence electrons. The molecule has 0 saturated heterocycles. The summed E-state index contributed by atoms with van der Waals surface area (Å²) >= 11 is -1.49. The Labute approximate surface area is 162 Å². The van der Waals surface area contributed by atoms with Crippen molar-refractivity contribution in [1.82, 2.24) is 0 Å². The van der Waals surface area contributed by atoms with Crippen molar-refractivity contribution in [2.75, 3.05) is 16.8 Å². The average Bonchev–Trinajstić information content (AvgIpc) is 2.70. The third kappa shape index (κ3) is 4.39. The minimum absolute atomic E-state index is 0.0593. The Hall–Kier alpha value is -2.45. The van der Waals surface area contributed by atoms with Crippen molar-refractivity contribution in [3.05, 3.63) is 91.0 Å². The summed E-state index contributed by atoms with van der Waals surface area (Å²) < 4.78 is 0.0524. The fourth-order valence-electron chi connectivity index (χ4n) is 2.47. The Morgan fingerprint density at radius 2 is 1.12 bits per heavy atom. The minimum atomic E-state index is -1.49. The number of carbonyl (C=O) groups is 1. The van der Waals surface area contributed by atoms with Crippen molar-refractivity contribution >= 4 is 45.3 Å². The van der Waals surface area contributed by atoms with Gasteiger partial charge in [-0.1, -0.05) is 0 Å². The number of amides is 1. The maximum atomic E-state index is 12.7. The molecule has 4 nitrogen and oxygen atoms in total. The van der Waals surface area contributed by atoms with Gasteiger partial charge in [-0.3, -0.25) is 0 Å². The number of aliphatic hydroxyl groups excluding tert-OH is 1. The molecule has 1 N–H and O–H groups in total. The van der Waals surface area contributed by atoms with E-state index in [9.17, 15) is 9.90 Å².